The van der Waals surface area contributed by atoms with Crippen LogP contribution in [-0.2, 0) is 9.84 Å². The van der Waals surface area contributed by atoms with Crippen LogP contribution in [0.2, 0.25) is 0 Å². The molecule has 2 aliphatic rings. The van der Waals surface area contributed by atoms with Crippen molar-refractivity contribution in [2.75, 3.05) is 18.6 Å². The third-order valence-electron chi connectivity index (χ3n) is 6.96. The molecule has 1 unspecified atom stereocenters. The maximum absolute atomic E-state index is 13.5. The van der Waals surface area contributed by atoms with Crippen LogP contribution in [0.5, 0.6) is 5.75 Å². The third kappa shape index (κ3) is 4.41. The minimum absolute atomic E-state index is 0.0429. The number of fused-ring (bicyclic) bond motifs is 1. The number of ether oxygens (including phenoxy) is 1. The summed E-state index contributed by atoms with van der Waals surface area (Å²) in [6.45, 7) is 1.86. The van der Waals surface area contributed by atoms with Gasteiger partial charge in [0.05, 0.1) is 47.0 Å². The molecule has 34 heavy (non-hydrogen) atoms. The summed E-state index contributed by atoms with van der Waals surface area (Å²) < 4.78 is 31.3. The van der Waals surface area contributed by atoms with Crippen molar-refractivity contribution in [1.29, 1.82) is 0 Å². The number of pyridine rings is 1. The Bertz CT molecular complexity index is 1330. The van der Waals surface area contributed by atoms with E-state index in [-0.39, 0.29) is 29.5 Å². The second kappa shape index (κ2) is 9.02. The van der Waals surface area contributed by atoms with Crippen molar-refractivity contribution in [2.24, 2.45) is 0 Å². The minimum atomic E-state index is -3.10. The molecule has 180 valence electrons. The van der Waals surface area contributed by atoms with Crippen molar-refractivity contribution < 1.29 is 17.9 Å². The summed E-state index contributed by atoms with van der Waals surface area (Å²) in [5, 5.41) is 8.59. The number of methoxy groups -OCH3 is 1. The van der Waals surface area contributed by atoms with Gasteiger partial charge in [0.1, 0.15) is 5.75 Å². The number of aromatic nitrogens is 3. The highest BCUT2D eigenvalue weighted by atomic mass is 32.2. The van der Waals surface area contributed by atoms with Gasteiger partial charge in [-0.25, -0.2) is 18.1 Å². The van der Waals surface area contributed by atoms with Crippen LogP contribution in [0.15, 0.2) is 30.3 Å². The van der Waals surface area contributed by atoms with E-state index in [2.05, 4.69) is 10.4 Å². The van der Waals surface area contributed by atoms with Crippen molar-refractivity contribution in [2.45, 2.75) is 57.5 Å². The summed E-state index contributed by atoms with van der Waals surface area (Å²) in [6.07, 6.45) is 5.94. The number of hydrogen-bond donors (Lipinski definition) is 1. The summed E-state index contributed by atoms with van der Waals surface area (Å²) in [5.74, 6) is 0.792. The molecule has 1 aliphatic heterocycles. The van der Waals surface area contributed by atoms with Crippen LogP contribution in [0.25, 0.3) is 22.3 Å². The van der Waals surface area contributed by atoms with Crippen LogP contribution in [0.4, 0.5) is 0 Å². The number of carbonyl (C=O) groups excluding carboxylic acids is 1. The SMILES string of the molecule is COc1ccc(-c2cc(C(=O)NC3CCCCC3)c3c(C)nn(C4CCS(=O)(=O)C4)c3n2)cc1. The van der Waals surface area contributed by atoms with Gasteiger partial charge in [-0.1, -0.05) is 19.3 Å². The highest BCUT2D eigenvalue weighted by molar-refractivity contribution is 7.91. The molecule has 2 aromatic heterocycles. The Hall–Kier alpha value is -2.94. The Morgan fingerprint density at radius 3 is 2.50 bits per heavy atom. The topological polar surface area (TPSA) is 103 Å². The maximum Gasteiger partial charge on any atom is 0.252 e. The lowest BCUT2D eigenvalue weighted by atomic mass is 9.95. The number of nitrogens with zero attached hydrogens (tertiary/aromatic N) is 3. The summed E-state index contributed by atoms with van der Waals surface area (Å²) in [5.41, 5.74) is 3.26. The van der Waals surface area contributed by atoms with Crippen LogP contribution in [-0.4, -0.2) is 53.7 Å². The second-order valence-corrected chi connectivity index (χ2v) is 11.6. The van der Waals surface area contributed by atoms with Gasteiger partial charge in [-0.05, 0) is 56.5 Å². The summed E-state index contributed by atoms with van der Waals surface area (Å²) >= 11 is 0. The fourth-order valence-corrected chi connectivity index (χ4v) is 6.83. The van der Waals surface area contributed by atoms with Crippen molar-refractivity contribution >= 4 is 26.8 Å². The molecule has 0 bridgehead atoms. The molecule has 1 N–H and O–H groups in total. The van der Waals surface area contributed by atoms with Gasteiger partial charge in [0.25, 0.3) is 5.91 Å². The third-order valence-corrected chi connectivity index (χ3v) is 8.71. The molecule has 1 aromatic carbocycles. The molecule has 1 amide bonds. The van der Waals surface area contributed by atoms with Crippen LogP contribution < -0.4 is 10.1 Å². The highest BCUT2D eigenvalue weighted by Crippen LogP contribution is 2.32. The lowest BCUT2D eigenvalue weighted by Gasteiger charge is -2.23. The molecule has 0 spiro atoms. The van der Waals surface area contributed by atoms with Crippen LogP contribution in [0.1, 0.15) is 60.6 Å². The second-order valence-electron chi connectivity index (χ2n) is 9.38. The van der Waals surface area contributed by atoms with E-state index < -0.39 is 9.84 Å². The summed E-state index contributed by atoms with van der Waals surface area (Å²) in [4.78, 5) is 18.4. The Labute approximate surface area is 199 Å². The molecule has 1 saturated carbocycles. The average molecular weight is 483 g/mol. The number of carbonyl (C=O) groups is 1. The van der Waals surface area contributed by atoms with E-state index in [1.165, 1.54) is 6.42 Å². The molecule has 3 heterocycles. The summed E-state index contributed by atoms with van der Waals surface area (Å²) in [6, 6.07) is 9.24. The molecule has 3 aromatic rings. The van der Waals surface area contributed by atoms with E-state index in [4.69, 9.17) is 9.72 Å². The first-order valence-electron chi connectivity index (χ1n) is 11.9. The average Bonchev–Trinajstić information content (AvgIpc) is 3.37. The van der Waals surface area contributed by atoms with Gasteiger partial charge in [-0.3, -0.25) is 4.79 Å². The fourth-order valence-electron chi connectivity index (χ4n) is 5.13. The van der Waals surface area contributed by atoms with Crippen LogP contribution in [0, 0.1) is 6.92 Å². The number of sulfone groups is 1. The predicted octanol–water partition coefficient (Wildman–Crippen LogP) is 3.84. The van der Waals surface area contributed by atoms with Gasteiger partial charge in [-0.2, -0.15) is 5.10 Å². The Kier molecular flexibility index (Phi) is 6.06. The van der Waals surface area contributed by atoms with E-state index in [9.17, 15) is 13.2 Å². The molecule has 9 heteroatoms. The molecule has 1 saturated heterocycles. The van der Waals surface area contributed by atoms with Crippen molar-refractivity contribution in [3.05, 3.63) is 41.6 Å². The minimum Gasteiger partial charge on any atom is -0.497 e. The molecule has 1 atom stereocenters. The highest BCUT2D eigenvalue weighted by Gasteiger charge is 2.32. The van der Waals surface area contributed by atoms with Gasteiger partial charge in [0, 0.05) is 11.6 Å². The van der Waals surface area contributed by atoms with Gasteiger partial charge < -0.3 is 10.1 Å². The van der Waals surface area contributed by atoms with Gasteiger partial charge in [0.15, 0.2) is 15.5 Å². The normalized spacial score (nSPS) is 20.5. The van der Waals surface area contributed by atoms with Crippen molar-refractivity contribution in [1.82, 2.24) is 20.1 Å². The number of amides is 1. The first kappa shape index (κ1) is 22.8. The predicted molar refractivity (Wildman–Crippen MR) is 131 cm³/mol. The van der Waals surface area contributed by atoms with E-state index in [1.54, 1.807) is 11.8 Å². The lowest BCUT2D eigenvalue weighted by Crippen LogP contribution is -2.36. The van der Waals surface area contributed by atoms with E-state index in [0.717, 1.165) is 37.0 Å². The zero-order chi connectivity index (χ0) is 23.9. The first-order chi connectivity index (χ1) is 16.3. The van der Waals surface area contributed by atoms with Gasteiger partial charge >= 0.3 is 0 Å². The monoisotopic (exact) mass is 482 g/mol. The van der Waals surface area contributed by atoms with E-state index in [1.807, 2.05) is 37.3 Å². The van der Waals surface area contributed by atoms with Crippen LogP contribution >= 0.6 is 0 Å². The lowest BCUT2D eigenvalue weighted by molar-refractivity contribution is 0.0929. The number of benzene rings is 1. The quantitative estimate of drug-likeness (QED) is 0.593. The zero-order valence-electron chi connectivity index (χ0n) is 19.6. The molecular weight excluding hydrogens is 452 g/mol. The largest absolute Gasteiger partial charge is 0.497 e. The number of aryl methyl sites for hydroxylation is 1. The van der Waals surface area contributed by atoms with Gasteiger partial charge in [0.2, 0.25) is 0 Å². The molecule has 1 aliphatic carbocycles. The van der Waals surface area contributed by atoms with E-state index in [0.29, 0.717) is 34.4 Å². The molecular formula is C25H30N4O4S. The Morgan fingerprint density at radius 1 is 1.12 bits per heavy atom. The molecule has 2 fully saturated rings. The number of rotatable bonds is 5. The zero-order valence-corrected chi connectivity index (χ0v) is 20.4. The smallest absolute Gasteiger partial charge is 0.252 e. The number of nitrogens with one attached hydrogen (secondary N) is 1. The van der Waals surface area contributed by atoms with Crippen molar-refractivity contribution in [3.8, 4) is 17.0 Å². The molecule has 0 radical (unpaired) electrons. The van der Waals surface area contributed by atoms with Crippen LogP contribution in [0.3, 0.4) is 0 Å². The first-order valence-corrected chi connectivity index (χ1v) is 13.7. The standard InChI is InChI=1S/C25H30N4O4S/c1-16-23-21(25(30)26-18-6-4-3-5-7-18)14-22(17-8-10-20(33-2)11-9-17)27-24(23)29(28-16)19-12-13-34(31,32)15-19/h8-11,14,18-19H,3-7,12-13,15H2,1-2H3,(H,26,30). The van der Waals surface area contributed by atoms with Gasteiger partial charge in [-0.15, -0.1) is 0 Å². The fraction of sp³-hybridized carbons (Fsp3) is 0.480. The van der Waals surface area contributed by atoms with E-state index >= 15 is 0 Å². The summed E-state index contributed by atoms with van der Waals surface area (Å²) in [7, 11) is -1.49. The number of hydrogen-bond acceptors (Lipinski definition) is 6. The Balaban J connectivity index is 1.63. The molecule has 8 nitrogen and oxygen atoms in total. The maximum atomic E-state index is 13.5. The Morgan fingerprint density at radius 2 is 1.85 bits per heavy atom. The molecule has 5 rings (SSSR count). The van der Waals surface area contributed by atoms with Crippen molar-refractivity contribution in [3.63, 3.8) is 0 Å².